The summed E-state index contributed by atoms with van der Waals surface area (Å²) in [4.78, 5) is 18.3. The van der Waals surface area contributed by atoms with E-state index in [1.165, 1.54) is 4.90 Å². The highest BCUT2D eigenvalue weighted by Crippen LogP contribution is 2.29. The molecule has 1 heterocycles. The molecule has 23 heavy (non-hydrogen) atoms. The van der Waals surface area contributed by atoms with Gasteiger partial charge in [-0.2, -0.15) is 0 Å². The number of nitrogen functional groups attached to an aromatic ring is 1. The van der Waals surface area contributed by atoms with E-state index in [1.54, 1.807) is 7.05 Å². The van der Waals surface area contributed by atoms with E-state index in [0.717, 1.165) is 22.6 Å². The van der Waals surface area contributed by atoms with Gasteiger partial charge in [0, 0.05) is 7.05 Å². The molecule has 0 bridgehead atoms. The van der Waals surface area contributed by atoms with Gasteiger partial charge in [-0.25, -0.2) is 4.79 Å². The summed E-state index contributed by atoms with van der Waals surface area (Å²) in [6.07, 6.45) is -0.353. The van der Waals surface area contributed by atoms with Gasteiger partial charge in [0.05, 0.1) is 23.6 Å². The lowest BCUT2D eigenvalue weighted by Gasteiger charge is -2.25. The van der Waals surface area contributed by atoms with Crippen molar-refractivity contribution in [3.63, 3.8) is 0 Å². The Morgan fingerprint density at radius 2 is 1.83 bits per heavy atom. The van der Waals surface area contributed by atoms with Gasteiger partial charge in [-0.15, -0.1) is 0 Å². The van der Waals surface area contributed by atoms with Crippen LogP contribution in [0.4, 0.5) is 10.5 Å². The van der Waals surface area contributed by atoms with Crippen molar-refractivity contribution in [1.29, 1.82) is 0 Å². The van der Waals surface area contributed by atoms with Gasteiger partial charge in [0.2, 0.25) is 0 Å². The van der Waals surface area contributed by atoms with E-state index >= 15 is 0 Å². The minimum absolute atomic E-state index is 0.235. The lowest BCUT2D eigenvalue weighted by atomic mass is 9.96. The van der Waals surface area contributed by atoms with Crippen molar-refractivity contribution in [3.05, 3.63) is 23.0 Å². The highest BCUT2D eigenvalue weighted by atomic mass is 16.6. The van der Waals surface area contributed by atoms with Crippen LogP contribution in [0.25, 0.3) is 0 Å². The summed E-state index contributed by atoms with van der Waals surface area (Å²) in [6.45, 7) is 14.3. The second-order valence-corrected chi connectivity index (χ2v) is 7.65. The molecule has 0 aliphatic rings. The van der Waals surface area contributed by atoms with Gasteiger partial charge in [0.1, 0.15) is 5.60 Å². The lowest BCUT2D eigenvalue weighted by molar-refractivity contribution is 0.0283. The van der Waals surface area contributed by atoms with Crippen molar-refractivity contribution in [3.8, 4) is 0 Å². The first-order chi connectivity index (χ1) is 10.4. The van der Waals surface area contributed by atoms with E-state index in [9.17, 15) is 4.79 Å². The fourth-order valence-corrected chi connectivity index (χ4v) is 2.30. The Morgan fingerprint density at radius 1 is 1.26 bits per heavy atom. The van der Waals surface area contributed by atoms with Crippen molar-refractivity contribution in [1.82, 2.24) is 9.88 Å². The zero-order valence-electron chi connectivity index (χ0n) is 15.7. The second-order valence-electron chi connectivity index (χ2n) is 7.65. The number of carbonyl (C=O) groups excluding carboxylic acids is 1. The standard InChI is InChI=1S/C18H31N3O2/c1-11(2)14-9-13(20-16(12(3)4)15(14)19)10-21(8)17(22)23-18(5,6)7/h9,11-12H,10,19H2,1-8H3. The molecule has 5 nitrogen and oxygen atoms in total. The number of ether oxygens (including phenoxy) is 1. The third-order valence-electron chi connectivity index (χ3n) is 3.45. The van der Waals surface area contributed by atoms with Gasteiger partial charge < -0.3 is 15.4 Å². The number of rotatable bonds is 4. The number of hydrogen-bond acceptors (Lipinski definition) is 4. The van der Waals surface area contributed by atoms with E-state index in [4.69, 9.17) is 10.5 Å². The number of pyridine rings is 1. The maximum absolute atomic E-state index is 12.1. The van der Waals surface area contributed by atoms with Crippen molar-refractivity contribution >= 4 is 11.8 Å². The Kier molecular flexibility index (Phi) is 6.03. The number of carbonyl (C=O) groups is 1. The van der Waals surface area contributed by atoms with Crippen LogP contribution in [0.5, 0.6) is 0 Å². The van der Waals surface area contributed by atoms with E-state index in [-0.39, 0.29) is 12.0 Å². The molecule has 0 unspecified atom stereocenters. The molecule has 130 valence electrons. The first kappa shape index (κ1) is 19.3. The largest absolute Gasteiger partial charge is 0.444 e. The maximum Gasteiger partial charge on any atom is 0.410 e. The van der Waals surface area contributed by atoms with Crippen LogP contribution in [0.15, 0.2) is 6.07 Å². The summed E-state index contributed by atoms with van der Waals surface area (Å²) in [5, 5.41) is 0. The van der Waals surface area contributed by atoms with Crippen LogP contribution in [0.3, 0.4) is 0 Å². The molecule has 1 aromatic heterocycles. The average molecular weight is 321 g/mol. The van der Waals surface area contributed by atoms with Gasteiger partial charge in [-0.3, -0.25) is 4.98 Å². The van der Waals surface area contributed by atoms with Gasteiger partial charge in [-0.1, -0.05) is 27.7 Å². The predicted molar refractivity (Wildman–Crippen MR) is 94.5 cm³/mol. The van der Waals surface area contributed by atoms with E-state index in [2.05, 4.69) is 32.7 Å². The zero-order chi connectivity index (χ0) is 17.9. The minimum Gasteiger partial charge on any atom is -0.444 e. The summed E-state index contributed by atoms with van der Waals surface area (Å²) in [5.74, 6) is 0.542. The summed E-state index contributed by atoms with van der Waals surface area (Å²) in [7, 11) is 1.72. The zero-order valence-corrected chi connectivity index (χ0v) is 15.7. The van der Waals surface area contributed by atoms with Crippen molar-refractivity contribution in [2.24, 2.45) is 0 Å². The highest BCUT2D eigenvalue weighted by Gasteiger charge is 2.21. The fraction of sp³-hybridized carbons (Fsp3) is 0.667. The summed E-state index contributed by atoms with van der Waals surface area (Å²) in [6, 6.07) is 1.99. The topological polar surface area (TPSA) is 68.5 Å². The molecule has 0 aliphatic heterocycles. The first-order valence-electron chi connectivity index (χ1n) is 8.15. The molecule has 2 N–H and O–H groups in total. The normalized spacial score (nSPS) is 11.9. The Morgan fingerprint density at radius 3 is 2.26 bits per heavy atom. The van der Waals surface area contributed by atoms with E-state index < -0.39 is 5.60 Å². The molecule has 0 aliphatic carbocycles. The Bertz CT molecular complexity index is 531. The van der Waals surface area contributed by atoms with Crippen LogP contribution in [0.1, 0.15) is 77.3 Å². The Balaban J connectivity index is 3.06. The highest BCUT2D eigenvalue weighted by molar-refractivity contribution is 5.67. The molecule has 0 aromatic carbocycles. The molecule has 0 saturated carbocycles. The average Bonchev–Trinajstić information content (AvgIpc) is 2.37. The number of hydrogen-bond donors (Lipinski definition) is 1. The summed E-state index contributed by atoms with van der Waals surface area (Å²) >= 11 is 0. The van der Waals surface area contributed by atoms with Crippen molar-refractivity contribution in [2.75, 3.05) is 12.8 Å². The van der Waals surface area contributed by atoms with Gasteiger partial charge in [-0.05, 0) is 44.2 Å². The number of aromatic nitrogens is 1. The molecule has 5 heteroatoms. The van der Waals surface area contributed by atoms with Crippen LogP contribution in [-0.4, -0.2) is 28.6 Å². The molecule has 1 aromatic rings. The lowest BCUT2D eigenvalue weighted by Crippen LogP contribution is -2.34. The molecule has 0 spiro atoms. The molecular weight excluding hydrogens is 290 g/mol. The Labute approximate surface area is 140 Å². The van der Waals surface area contributed by atoms with Crippen molar-refractivity contribution < 1.29 is 9.53 Å². The Hall–Kier alpha value is -1.78. The fourth-order valence-electron chi connectivity index (χ4n) is 2.30. The van der Waals surface area contributed by atoms with Crippen LogP contribution < -0.4 is 5.73 Å². The summed E-state index contributed by atoms with van der Waals surface area (Å²) < 4.78 is 5.39. The van der Waals surface area contributed by atoms with Crippen LogP contribution in [-0.2, 0) is 11.3 Å². The monoisotopic (exact) mass is 321 g/mol. The van der Waals surface area contributed by atoms with Crippen LogP contribution >= 0.6 is 0 Å². The van der Waals surface area contributed by atoms with Crippen molar-refractivity contribution in [2.45, 2.75) is 72.4 Å². The van der Waals surface area contributed by atoms with E-state index in [1.807, 2.05) is 26.8 Å². The second kappa shape index (κ2) is 7.20. The number of nitrogens with zero attached hydrogens (tertiary/aromatic N) is 2. The molecule has 1 amide bonds. The molecule has 0 atom stereocenters. The van der Waals surface area contributed by atoms with E-state index in [0.29, 0.717) is 12.5 Å². The minimum atomic E-state index is -0.508. The van der Waals surface area contributed by atoms with Gasteiger partial charge in [0.25, 0.3) is 0 Å². The molecule has 0 saturated heterocycles. The summed E-state index contributed by atoms with van der Waals surface area (Å²) in [5.41, 5.74) is 9.32. The SMILES string of the molecule is CC(C)c1cc(CN(C)C(=O)OC(C)(C)C)nc(C(C)C)c1N. The molecule has 0 fully saturated rings. The predicted octanol–water partition coefficient (Wildman–Crippen LogP) is 4.28. The van der Waals surface area contributed by atoms with Gasteiger partial charge >= 0.3 is 6.09 Å². The quantitative estimate of drug-likeness (QED) is 0.898. The smallest absolute Gasteiger partial charge is 0.410 e. The molecule has 1 rings (SSSR count). The first-order valence-corrected chi connectivity index (χ1v) is 8.15. The number of nitrogens with two attached hydrogens (primary N) is 1. The third kappa shape index (κ3) is 5.41. The van der Waals surface area contributed by atoms with Crippen LogP contribution in [0.2, 0.25) is 0 Å². The maximum atomic E-state index is 12.1. The number of amides is 1. The van der Waals surface area contributed by atoms with Crippen LogP contribution in [0, 0.1) is 0 Å². The molecule has 0 radical (unpaired) electrons. The number of anilines is 1. The third-order valence-corrected chi connectivity index (χ3v) is 3.45. The van der Waals surface area contributed by atoms with Gasteiger partial charge in [0.15, 0.2) is 0 Å². The molecular formula is C18H31N3O2.